The molecule has 1 aliphatic heterocycles. The van der Waals surface area contributed by atoms with Crippen molar-refractivity contribution in [3.63, 3.8) is 0 Å². The number of nitrogens with one attached hydrogen (secondary N) is 1. The molecule has 1 saturated carbocycles. The third-order valence-electron chi connectivity index (χ3n) is 5.71. The van der Waals surface area contributed by atoms with Crippen LogP contribution in [0.3, 0.4) is 0 Å². The van der Waals surface area contributed by atoms with Gasteiger partial charge in [-0.15, -0.1) is 24.8 Å². The minimum atomic E-state index is -0.678. The third kappa shape index (κ3) is 5.98. The van der Waals surface area contributed by atoms with Crippen molar-refractivity contribution in [3.05, 3.63) is 29.8 Å². The molecule has 1 unspecified atom stereocenters. The van der Waals surface area contributed by atoms with Gasteiger partial charge in [0.15, 0.2) is 0 Å². The monoisotopic (exact) mass is 417 g/mol. The molecule has 2 fully saturated rings. The number of hydrogen-bond donors (Lipinski definition) is 2. The first kappa shape index (κ1) is 24.0. The second kappa shape index (κ2) is 11.1. The van der Waals surface area contributed by atoms with Crippen LogP contribution in [0.15, 0.2) is 24.3 Å². The van der Waals surface area contributed by atoms with E-state index in [1.807, 2.05) is 12.1 Å². The second-order valence-electron chi connectivity index (χ2n) is 7.46. The van der Waals surface area contributed by atoms with E-state index in [1.54, 1.807) is 7.11 Å². The van der Waals surface area contributed by atoms with Crippen LogP contribution in [0.1, 0.15) is 56.6 Å². The van der Waals surface area contributed by atoms with Gasteiger partial charge in [-0.05, 0) is 56.5 Å². The lowest BCUT2D eigenvalue weighted by molar-refractivity contribution is -0.127. The number of carbonyl (C=O) groups excluding carboxylic acids is 1. The molecule has 2 aliphatic rings. The Labute approximate surface area is 175 Å². The van der Waals surface area contributed by atoms with Crippen LogP contribution in [0.5, 0.6) is 5.75 Å². The van der Waals surface area contributed by atoms with E-state index >= 15 is 0 Å². The van der Waals surface area contributed by atoms with E-state index in [0.717, 1.165) is 44.5 Å². The summed E-state index contributed by atoms with van der Waals surface area (Å²) >= 11 is 0. The van der Waals surface area contributed by atoms with Gasteiger partial charge in [-0.2, -0.15) is 0 Å². The predicted molar refractivity (Wildman–Crippen MR) is 114 cm³/mol. The fourth-order valence-electron chi connectivity index (χ4n) is 4.13. The van der Waals surface area contributed by atoms with E-state index in [-0.39, 0.29) is 36.8 Å². The lowest BCUT2D eigenvalue weighted by atomic mass is 9.82. The molecule has 27 heavy (non-hydrogen) atoms. The van der Waals surface area contributed by atoms with Gasteiger partial charge in [-0.3, -0.25) is 9.69 Å². The molecular formula is C20H33Cl2N3O2. The Morgan fingerprint density at radius 3 is 2.48 bits per heavy atom. The Kier molecular flexibility index (Phi) is 9.88. The number of rotatable bonds is 6. The summed E-state index contributed by atoms with van der Waals surface area (Å²) in [5, 5.41) is 3.16. The number of hydrogen-bond acceptors (Lipinski definition) is 4. The zero-order chi connectivity index (χ0) is 17.7. The molecule has 3 N–H and O–H groups in total. The van der Waals surface area contributed by atoms with Gasteiger partial charge >= 0.3 is 0 Å². The molecule has 1 saturated heterocycles. The molecule has 5 nitrogen and oxygen atoms in total. The first-order valence-electron chi connectivity index (χ1n) is 9.57. The summed E-state index contributed by atoms with van der Waals surface area (Å²) in [6, 6.07) is 8.35. The van der Waals surface area contributed by atoms with Crippen molar-refractivity contribution in [3.8, 4) is 5.75 Å². The van der Waals surface area contributed by atoms with Gasteiger partial charge in [0.25, 0.3) is 0 Å². The summed E-state index contributed by atoms with van der Waals surface area (Å²) in [4.78, 5) is 15.2. The highest BCUT2D eigenvalue weighted by molar-refractivity contribution is 5.86. The number of nitrogens with zero attached hydrogens (tertiary/aromatic N) is 1. The molecule has 1 aliphatic carbocycles. The van der Waals surface area contributed by atoms with Crippen LogP contribution in [-0.2, 0) is 4.79 Å². The number of nitrogens with two attached hydrogens (primary N) is 1. The quantitative estimate of drug-likeness (QED) is 0.743. The molecule has 0 bridgehead atoms. The molecule has 154 valence electrons. The van der Waals surface area contributed by atoms with Gasteiger partial charge in [0.2, 0.25) is 5.91 Å². The lowest BCUT2D eigenvalue weighted by Gasteiger charge is -2.34. The van der Waals surface area contributed by atoms with Gasteiger partial charge in [-0.25, -0.2) is 0 Å². The van der Waals surface area contributed by atoms with Crippen LogP contribution in [0, 0.1) is 0 Å². The molecule has 0 aromatic heterocycles. The van der Waals surface area contributed by atoms with Crippen molar-refractivity contribution in [1.29, 1.82) is 0 Å². The molecule has 0 radical (unpaired) electrons. The van der Waals surface area contributed by atoms with Gasteiger partial charge in [-0.1, -0.05) is 31.4 Å². The van der Waals surface area contributed by atoms with E-state index < -0.39 is 5.54 Å². The average molecular weight is 418 g/mol. The fourth-order valence-corrected chi connectivity index (χ4v) is 4.13. The SMILES string of the molecule is COc1cccc(C(CNC(=O)C2(N)CCCCC2)N2CCCC2)c1.Cl.Cl. The molecular weight excluding hydrogens is 385 g/mol. The van der Waals surface area contributed by atoms with Gasteiger partial charge < -0.3 is 15.8 Å². The summed E-state index contributed by atoms with van der Waals surface area (Å²) in [7, 11) is 1.69. The third-order valence-corrected chi connectivity index (χ3v) is 5.71. The Morgan fingerprint density at radius 2 is 1.85 bits per heavy atom. The van der Waals surface area contributed by atoms with E-state index in [2.05, 4.69) is 22.3 Å². The summed E-state index contributed by atoms with van der Waals surface area (Å²) < 4.78 is 5.38. The maximum atomic E-state index is 12.7. The van der Waals surface area contributed by atoms with Crippen molar-refractivity contribution in [2.24, 2.45) is 5.73 Å². The summed E-state index contributed by atoms with van der Waals surface area (Å²) in [5.41, 5.74) is 6.89. The molecule has 1 aromatic rings. The van der Waals surface area contributed by atoms with Gasteiger partial charge in [0, 0.05) is 6.54 Å². The summed E-state index contributed by atoms with van der Waals surface area (Å²) in [6.07, 6.45) is 7.32. The molecule has 3 rings (SSSR count). The van der Waals surface area contributed by atoms with Crippen molar-refractivity contribution in [1.82, 2.24) is 10.2 Å². The molecule has 1 atom stereocenters. The summed E-state index contributed by atoms with van der Waals surface area (Å²) in [5.74, 6) is 0.870. The van der Waals surface area contributed by atoms with Crippen LogP contribution >= 0.6 is 24.8 Å². The van der Waals surface area contributed by atoms with Crippen molar-refractivity contribution < 1.29 is 9.53 Å². The lowest BCUT2D eigenvalue weighted by Crippen LogP contribution is -2.56. The Morgan fingerprint density at radius 1 is 1.19 bits per heavy atom. The number of methoxy groups -OCH3 is 1. The van der Waals surface area contributed by atoms with Gasteiger partial charge in [0.05, 0.1) is 18.7 Å². The molecule has 1 amide bonds. The first-order valence-corrected chi connectivity index (χ1v) is 9.57. The predicted octanol–water partition coefficient (Wildman–Crippen LogP) is 3.45. The second-order valence-corrected chi connectivity index (χ2v) is 7.46. The zero-order valence-corrected chi connectivity index (χ0v) is 17.7. The number of benzene rings is 1. The number of halogens is 2. The van der Waals surface area contributed by atoms with Crippen LogP contribution in [0.2, 0.25) is 0 Å². The Hall–Kier alpha value is -1.01. The maximum absolute atomic E-state index is 12.7. The number of ether oxygens (including phenoxy) is 1. The largest absolute Gasteiger partial charge is 0.497 e. The minimum absolute atomic E-state index is 0. The molecule has 1 aromatic carbocycles. The maximum Gasteiger partial charge on any atom is 0.240 e. The number of carbonyl (C=O) groups is 1. The highest BCUT2D eigenvalue weighted by Crippen LogP contribution is 2.29. The van der Waals surface area contributed by atoms with Crippen molar-refractivity contribution in [2.75, 3.05) is 26.7 Å². The topological polar surface area (TPSA) is 67.6 Å². The van der Waals surface area contributed by atoms with Crippen molar-refractivity contribution >= 4 is 30.7 Å². The smallest absolute Gasteiger partial charge is 0.240 e. The van der Waals surface area contributed by atoms with Crippen LogP contribution < -0.4 is 15.8 Å². The van der Waals surface area contributed by atoms with Gasteiger partial charge in [0.1, 0.15) is 5.75 Å². The highest BCUT2D eigenvalue weighted by Gasteiger charge is 2.36. The van der Waals surface area contributed by atoms with E-state index in [4.69, 9.17) is 10.5 Å². The highest BCUT2D eigenvalue weighted by atomic mass is 35.5. The molecule has 1 heterocycles. The molecule has 0 spiro atoms. The summed E-state index contributed by atoms with van der Waals surface area (Å²) in [6.45, 7) is 2.75. The van der Waals surface area contributed by atoms with E-state index in [0.29, 0.717) is 6.54 Å². The van der Waals surface area contributed by atoms with Crippen molar-refractivity contribution in [2.45, 2.75) is 56.5 Å². The van der Waals surface area contributed by atoms with E-state index in [9.17, 15) is 4.79 Å². The van der Waals surface area contributed by atoms with E-state index in [1.165, 1.54) is 24.8 Å². The normalized spacial score (nSPS) is 20.1. The van der Waals surface area contributed by atoms with Crippen LogP contribution in [-0.4, -0.2) is 43.1 Å². The van der Waals surface area contributed by atoms with Crippen LogP contribution in [0.4, 0.5) is 0 Å². The fraction of sp³-hybridized carbons (Fsp3) is 0.650. The minimum Gasteiger partial charge on any atom is -0.497 e. The number of likely N-dealkylation sites (tertiary alicyclic amines) is 1. The average Bonchev–Trinajstić information content (AvgIpc) is 3.17. The number of amides is 1. The standard InChI is InChI=1S/C20H31N3O2.2ClH/c1-25-17-9-7-8-16(14-17)18(23-12-5-6-13-23)15-22-19(24)20(21)10-3-2-4-11-20;;/h7-9,14,18H,2-6,10-13,15,21H2,1H3,(H,22,24);2*1H. The Bertz CT molecular complexity index is 588. The zero-order valence-electron chi connectivity index (χ0n) is 16.1. The molecule has 7 heteroatoms. The first-order chi connectivity index (χ1) is 12.1. The Balaban J connectivity index is 0.00000182. The van der Waals surface area contributed by atoms with Crippen LogP contribution in [0.25, 0.3) is 0 Å².